The van der Waals surface area contributed by atoms with Gasteiger partial charge in [0.15, 0.2) is 0 Å². The van der Waals surface area contributed by atoms with Gasteiger partial charge in [0.2, 0.25) is 0 Å². The Morgan fingerprint density at radius 3 is 1.63 bits per heavy atom. The van der Waals surface area contributed by atoms with E-state index in [0.717, 1.165) is 34.1 Å². The lowest BCUT2D eigenvalue weighted by molar-refractivity contribution is 0.436. The summed E-state index contributed by atoms with van der Waals surface area (Å²) in [5.41, 5.74) is 18.1. The molecule has 0 atom stereocenters. The van der Waals surface area contributed by atoms with Crippen molar-refractivity contribution in [3.63, 3.8) is 0 Å². The zero-order valence-corrected chi connectivity index (χ0v) is 35.9. The predicted octanol–water partition coefficient (Wildman–Crippen LogP) is 15.7. The van der Waals surface area contributed by atoms with Crippen LogP contribution in [0.4, 0.5) is 17.1 Å². The molecule has 8 aromatic rings. The van der Waals surface area contributed by atoms with Crippen LogP contribution in [-0.4, -0.2) is 0 Å². The summed E-state index contributed by atoms with van der Waals surface area (Å²) in [6.45, 7) is 18.7. The maximum absolute atomic E-state index is 7.01. The van der Waals surface area contributed by atoms with E-state index in [1.807, 2.05) is 0 Å². The number of para-hydroxylation sites is 1. The molecule has 0 saturated heterocycles. The Balaban J connectivity index is 1.23. The number of nitrogens with zero attached hydrogens (tertiary/aromatic N) is 1. The lowest BCUT2D eigenvalue weighted by Crippen LogP contribution is -2.33. The molecule has 60 heavy (non-hydrogen) atoms. The Kier molecular flexibility index (Phi) is 7.68. The molecule has 2 nitrogen and oxygen atoms in total. The summed E-state index contributed by atoms with van der Waals surface area (Å²) in [7, 11) is 0. The first-order chi connectivity index (χ1) is 28.8. The van der Waals surface area contributed by atoms with E-state index in [2.05, 4.69) is 224 Å². The quantitative estimate of drug-likeness (QED) is 0.177. The maximum atomic E-state index is 7.01. The van der Waals surface area contributed by atoms with E-state index in [1.54, 1.807) is 0 Å². The van der Waals surface area contributed by atoms with Crippen molar-refractivity contribution in [2.45, 2.75) is 77.0 Å². The molecule has 0 N–H and O–H groups in total. The highest BCUT2D eigenvalue weighted by molar-refractivity contribution is 6.00. The molecule has 3 aliphatic rings. The SMILES string of the molecule is CC(C)(C)c1ccc2c(c1)C1(c3ccccc3Oc3ccc(N(c4ccc5c(c4)C(C)(C)c4ccccc4-5)c4cccc5ccccc45)cc31)c1cc(C(C)(C)C)ccc1-2. The minimum Gasteiger partial charge on any atom is -0.457 e. The minimum atomic E-state index is -0.626. The van der Waals surface area contributed by atoms with E-state index in [9.17, 15) is 0 Å². The molecule has 294 valence electrons. The average molecular weight is 778 g/mol. The molecule has 1 heterocycles. The summed E-state index contributed by atoms with van der Waals surface area (Å²) < 4.78 is 7.01. The number of anilines is 3. The van der Waals surface area contributed by atoms with Gasteiger partial charge in [0.05, 0.1) is 11.1 Å². The van der Waals surface area contributed by atoms with Crippen LogP contribution in [0.25, 0.3) is 33.0 Å². The van der Waals surface area contributed by atoms with Gasteiger partial charge >= 0.3 is 0 Å². The first-order valence-electron chi connectivity index (χ1n) is 21.5. The van der Waals surface area contributed by atoms with Crippen LogP contribution in [0.1, 0.15) is 99.9 Å². The van der Waals surface area contributed by atoms with E-state index >= 15 is 0 Å². The van der Waals surface area contributed by atoms with E-state index in [0.29, 0.717) is 0 Å². The fourth-order valence-electron chi connectivity index (χ4n) is 10.7. The molecule has 0 saturated carbocycles. The molecule has 1 spiro atoms. The van der Waals surface area contributed by atoms with Crippen LogP contribution in [0.5, 0.6) is 11.5 Å². The maximum Gasteiger partial charge on any atom is 0.132 e. The van der Waals surface area contributed by atoms with E-state index in [1.165, 1.54) is 72.0 Å². The second-order valence-electron chi connectivity index (χ2n) is 19.8. The van der Waals surface area contributed by atoms with Gasteiger partial charge in [-0.25, -0.2) is 0 Å². The molecule has 0 amide bonds. The molecule has 2 heteroatoms. The smallest absolute Gasteiger partial charge is 0.132 e. The van der Waals surface area contributed by atoms with Gasteiger partial charge in [0.1, 0.15) is 11.5 Å². The second kappa shape index (κ2) is 12.6. The molecule has 0 unspecified atom stereocenters. The van der Waals surface area contributed by atoms with Crippen molar-refractivity contribution in [3.05, 3.63) is 208 Å². The van der Waals surface area contributed by atoms with Crippen molar-refractivity contribution in [1.82, 2.24) is 0 Å². The Morgan fingerprint density at radius 2 is 0.933 bits per heavy atom. The predicted molar refractivity (Wildman–Crippen MR) is 251 cm³/mol. The lowest BCUT2D eigenvalue weighted by Gasteiger charge is -2.41. The Labute approximate surface area is 355 Å². The summed E-state index contributed by atoms with van der Waals surface area (Å²) in [5.74, 6) is 1.80. The Hall–Kier alpha value is -6.38. The first-order valence-corrected chi connectivity index (χ1v) is 21.5. The van der Waals surface area contributed by atoms with E-state index < -0.39 is 5.41 Å². The fraction of sp³-hybridized carbons (Fsp3) is 0.207. The number of ether oxygens (including phenoxy) is 1. The number of hydrogen-bond donors (Lipinski definition) is 0. The zero-order chi connectivity index (χ0) is 41.3. The normalized spacial score (nSPS) is 15.1. The Morgan fingerprint density at radius 1 is 0.417 bits per heavy atom. The summed E-state index contributed by atoms with van der Waals surface area (Å²) in [6.07, 6.45) is 0. The Bertz CT molecular complexity index is 3010. The number of hydrogen-bond acceptors (Lipinski definition) is 2. The second-order valence-corrected chi connectivity index (χ2v) is 19.8. The third-order valence-electron chi connectivity index (χ3n) is 13.8. The highest BCUT2D eigenvalue weighted by Gasteiger charge is 2.52. The largest absolute Gasteiger partial charge is 0.457 e. The van der Waals surface area contributed by atoms with Crippen molar-refractivity contribution in [2.24, 2.45) is 0 Å². The molecular formula is C58H51NO. The molecule has 2 aliphatic carbocycles. The minimum absolute atomic E-state index is 0.0386. The average Bonchev–Trinajstić information content (AvgIpc) is 3.65. The summed E-state index contributed by atoms with van der Waals surface area (Å²) in [4.78, 5) is 2.49. The monoisotopic (exact) mass is 777 g/mol. The van der Waals surface area contributed by atoms with Crippen molar-refractivity contribution in [3.8, 4) is 33.8 Å². The third-order valence-corrected chi connectivity index (χ3v) is 13.8. The van der Waals surface area contributed by atoms with Gasteiger partial charge in [0.25, 0.3) is 0 Å². The first kappa shape index (κ1) is 36.7. The van der Waals surface area contributed by atoms with E-state index in [4.69, 9.17) is 4.74 Å². The molecule has 1 aliphatic heterocycles. The van der Waals surface area contributed by atoms with Crippen molar-refractivity contribution < 1.29 is 4.74 Å². The zero-order valence-electron chi connectivity index (χ0n) is 35.9. The number of benzene rings is 8. The van der Waals surface area contributed by atoms with Crippen LogP contribution in [0.15, 0.2) is 164 Å². The summed E-state index contributed by atoms with van der Waals surface area (Å²) >= 11 is 0. The van der Waals surface area contributed by atoms with Crippen LogP contribution in [-0.2, 0) is 21.7 Å². The molecule has 0 aromatic heterocycles. The molecule has 8 aromatic carbocycles. The van der Waals surface area contributed by atoms with E-state index in [-0.39, 0.29) is 16.2 Å². The molecule has 0 radical (unpaired) electrons. The highest BCUT2D eigenvalue weighted by atomic mass is 16.5. The summed E-state index contributed by atoms with van der Waals surface area (Å²) in [5, 5.41) is 2.42. The topological polar surface area (TPSA) is 12.5 Å². The van der Waals surface area contributed by atoms with Gasteiger partial charge in [0, 0.05) is 33.3 Å². The standard InChI is InChI=1S/C58H51NO/c1-55(2,3)37-24-28-44-45-29-25-38(56(4,5)6)33-50(45)58(49(44)32-37)47-21-13-14-23-53(47)60-54-31-27-40(35-51(54)58)59(52-22-15-17-36-16-9-10-18-41(36)52)39-26-30-43-42-19-11-12-20-46(42)57(7,8)48(43)34-39/h9-35H,1-8H3. The van der Waals surface area contributed by atoms with Crippen LogP contribution in [0.2, 0.25) is 0 Å². The van der Waals surface area contributed by atoms with Gasteiger partial charge < -0.3 is 9.64 Å². The highest BCUT2D eigenvalue weighted by Crippen LogP contribution is 2.63. The van der Waals surface area contributed by atoms with Crippen molar-refractivity contribution in [1.29, 1.82) is 0 Å². The number of fused-ring (bicyclic) bond motifs is 13. The van der Waals surface area contributed by atoms with Gasteiger partial charge in [-0.05, 0) is 114 Å². The van der Waals surface area contributed by atoms with Gasteiger partial charge in [-0.1, -0.05) is 177 Å². The summed E-state index contributed by atoms with van der Waals surface area (Å²) in [6, 6.07) is 61.7. The van der Waals surface area contributed by atoms with Crippen LogP contribution in [0, 0.1) is 0 Å². The van der Waals surface area contributed by atoms with Gasteiger partial charge in [-0.3, -0.25) is 0 Å². The van der Waals surface area contributed by atoms with Crippen molar-refractivity contribution in [2.75, 3.05) is 4.90 Å². The lowest BCUT2D eigenvalue weighted by atomic mass is 9.65. The number of rotatable bonds is 3. The fourth-order valence-corrected chi connectivity index (χ4v) is 10.7. The van der Waals surface area contributed by atoms with Crippen LogP contribution >= 0.6 is 0 Å². The van der Waals surface area contributed by atoms with Crippen molar-refractivity contribution >= 4 is 27.8 Å². The molecule has 11 rings (SSSR count). The molecular weight excluding hydrogens is 727 g/mol. The van der Waals surface area contributed by atoms with Crippen LogP contribution < -0.4 is 9.64 Å². The van der Waals surface area contributed by atoms with Gasteiger partial charge in [-0.15, -0.1) is 0 Å². The van der Waals surface area contributed by atoms with Gasteiger partial charge in [-0.2, -0.15) is 0 Å². The molecule has 0 bridgehead atoms. The van der Waals surface area contributed by atoms with Crippen LogP contribution in [0.3, 0.4) is 0 Å². The molecule has 0 fully saturated rings. The third kappa shape index (κ3) is 5.13.